The van der Waals surface area contributed by atoms with Crippen molar-refractivity contribution in [1.29, 1.82) is 0 Å². The Morgan fingerprint density at radius 3 is 2.27 bits per heavy atom. The zero-order valence-electron chi connectivity index (χ0n) is 10.5. The van der Waals surface area contributed by atoms with Gasteiger partial charge in [-0.3, -0.25) is 0 Å². The summed E-state index contributed by atoms with van der Waals surface area (Å²) in [6.07, 6.45) is 11.5. The molecule has 0 bridgehead atoms. The third-order valence-corrected chi connectivity index (χ3v) is 4.49. The highest BCUT2D eigenvalue weighted by atomic mass is 15.0. The SMILES string of the molecule is CC1CCC(NC2CCCCC2)C(C)C1. The molecule has 3 atom stereocenters. The van der Waals surface area contributed by atoms with Crippen LogP contribution in [0.2, 0.25) is 0 Å². The summed E-state index contributed by atoms with van der Waals surface area (Å²) in [6.45, 7) is 4.85. The molecule has 3 unspecified atom stereocenters. The van der Waals surface area contributed by atoms with Crippen LogP contribution in [0.5, 0.6) is 0 Å². The van der Waals surface area contributed by atoms with Crippen molar-refractivity contribution in [2.75, 3.05) is 0 Å². The highest BCUT2D eigenvalue weighted by molar-refractivity contribution is 4.84. The van der Waals surface area contributed by atoms with Crippen LogP contribution in [0.1, 0.15) is 65.2 Å². The smallest absolute Gasteiger partial charge is 0.00954 e. The molecule has 2 aliphatic carbocycles. The Kier molecular flexibility index (Phi) is 4.07. The van der Waals surface area contributed by atoms with E-state index in [1.54, 1.807) is 0 Å². The van der Waals surface area contributed by atoms with Gasteiger partial charge in [0.2, 0.25) is 0 Å². The molecule has 2 fully saturated rings. The summed E-state index contributed by atoms with van der Waals surface area (Å²) in [7, 11) is 0. The maximum Gasteiger partial charge on any atom is 0.00954 e. The summed E-state index contributed by atoms with van der Waals surface area (Å²) in [5.74, 6) is 1.86. The first-order chi connectivity index (χ1) is 7.25. The van der Waals surface area contributed by atoms with Gasteiger partial charge in [-0.1, -0.05) is 33.1 Å². The molecule has 2 aliphatic rings. The summed E-state index contributed by atoms with van der Waals surface area (Å²) in [5.41, 5.74) is 0. The highest BCUT2D eigenvalue weighted by Crippen LogP contribution is 2.30. The fraction of sp³-hybridized carbons (Fsp3) is 1.00. The quantitative estimate of drug-likeness (QED) is 0.730. The van der Waals surface area contributed by atoms with E-state index in [9.17, 15) is 0 Å². The number of rotatable bonds is 2. The number of nitrogens with one attached hydrogen (secondary N) is 1. The van der Waals surface area contributed by atoms with Crippen molar-refractivity contribution in [3.05, 3.63) is 0 Å². The van der Waals surface area contributed by atoms with Crippen molar-refractivity contribution >= 4 is 0 Å². The second kappa shape index (κ2) is 5.34. The molecule has 0 amide bonds. The Bertz CT molecular complexity index is 184. The van der Waals surface area contributed by atoms with Gasteiger partial charge in [0.05, 0.1) is 0 Å². The molecule has 0 saturated heterocycles. The first-order valence-electron chi connectivity index (χ1n) is 7.01. The predicted octanol–water partition coefficient (Wildman–Crippen LogP) is 3.73. The van der Waals surface area contributed by atoms with E-state index in [1.807, 2.05) is 0 Å². The molecule has 0 heterocycles. The van der Waals surface area contributed by atoms with Gasteiger partial charge >= 0.3 is 0 Å². The largest absolute Gasteiger partial charge is 0.311 e. The molecule has 0 aromatic rings. The highest BCUT2D eigenvalue weighted by Gasteiger charge is 2.27. The van der Waals surface area contributed by atoms with Gasteiger partial charge < -0.3 is 5.32 Å². The lowest BCUT2D eigenvalue weighted by Gasteiger charge is -2.37. The van der Waals surface area contributed by atoms with Gasteiger partial charge in [0.1, 0.15) is 0 Å². The fourth-order valence-electron chi connectivity index (χ4n) is 3.48. The lowest BCUT2D eigenvalue weighted by atomic mass is 9.79. The number of hydrogen-bond donors (Lipinski definition) is 1. The molecule has 88 valence electrons. The Morgan fingerprint density at radius 1 is 0.867 bits per heavy atom. The Morgan fingerprint density at radius 2 is 1.60 bits per heavy atom. The van der Waals surface area contributed by atoms with Crippen molar-refractivity contribution in [2.24, 2.45) is 11.8 Å². The molecule has 2 rings (SSSR count). The summed E-state index contributed by atoms with van der Waals surface area (Å²) < 4.78 is 0. The van der Waals surface area contributed by atoms with E-state index in [2.05, 4.69) is 19.2 Å². The van der Waals surface area contributed by atoms with Crippen molar-refractivity contribution in [3.8, 4) is 0 Å². The molecule has 1 heteroatoms. The standard InChI is InChI=1S/C14H27N/c1-11-8-9-14(12(2)10-11)15-13-6-4-3-5-7-13/h11-15H,3-10H2,1-2H3. The average molecular weight is 209 g/mol. The Balaban J connectivity index is 1.77. The van der Waals surface area contributed by atoms with E-state index in [4.69, 9.17) is 0 Å². The van der Waals surface area contributed by atoms with Gasteiger partial charge in [0, 0.05) is 12.1 Å². The van der Waals surface area contributed by atoms with Crippen LogP contribution in [0.25, 0.3) is 0 Å². The maximum absolute atomic E-state index is 3.93. The molecular weight excluding hydrogens is 182 g/mol. The summed E-state index contributed by atoms with van der Waals surface area (Å²) in [6, 6.07) is 1.67. The zero-order chi connectivity index (χ0) is 10.7. The average Bonchev–Trinajstić information content (AvgIpc) is 2.24. The maximum atomic E-state index is 3.93. The van der Waals surface area contributed by atoms with Gasteiger partial charge in [-0.25, -0.2) is 0 Å². The first kappa shape index (κ1) is 11.4. The first-order valence-corrected chi connectivity index (χ1v) is 7.01. The summed E-state index contributed by atoms with van der Waals surface area (Å²) in [5, 5.41) is 3.93. The van der Waals surface area contributed by atoms with E-state index in [0.717, 1.165) is 23.9 Å². The van der Waals surface area contributed by atoms with E-state index in [0.29, 0.717) is 0 Å². The van der Waals surface area contributed by atoms with Crippen LogP contribution in [0.3, 0.4) is 0 Å². The van der Waals surface area contributed by atoms with E-state index >= 15 is 0 Å². The molecule has 0 aliphatic heterocycles. The van der Waals surface area contributed by atoms with Crippen LogP contribution in [0, 0.1) is 11.8 Å². The number of hydrogen-bond acceptors (Lipinski definition) is 1. The Labute approximate surface area is 95.0 Å². The van der Waals surface area contributed by atoms with Crippen molar-refractivity contribution in [3.63, 3.8) is 0 Å². The molecule has 0 aromatic heterocycles. The van der Waals surface area contributed by atoms with Crippen LogP contribution in [-0.2, 0) is 0 Å². The predicted molar refractivity (Wildman–Crippen MR) is 66.0 cm³/mol. The van der Waals surface area contributed by atoms with Crippen LogP contribution in [-0.4, -0.2) is 12.1 Å². The topological polar surface area (TPSA) is 12.0 Å². The van der Waals surface area contributed by atoms with E-state index in [1.165, 1.54) is 51.4 Å². The van der Waals surface area contributed by atoms with Crippen LogP contribution < -0.4 is 5.32 Å². The molecule has 0 aromatic carbocycles. The summed E-state index contributed by atoms with van der Waals surface area (Å²) in [4.78, 5) is 0. The van der Waals surface area contributed by atoms with Gasteiger partial charge in [-0.2, -0.15) is 0 Å². The van der Waals surface area contributed by atoms with Gasteiger partial charge in [0.25, 0.3) is 0 Å². The van der Waals surface area contributed by atoms with E-state index < -0.39 is 0 Å². The minimum absolute atomic E-state index is 0.823. The second-order valence-electron chi connectivity index (χ2n) is 6.00. The third kappa shape index (κ3) is 3.21. The molecule has 0 spiro atoms. The summed E-state index contributed by atoms with van der Waals surface area (Å²) >= 11 is 0. The van der Waals surface area contributed by atoms with Crippen molar-refractivity contribution in [2.45, 2.75) is 77.3 Å². The molecule has 15 heavy (non-hydrogen) atoms. The minimum Gasteiger partial charge on any atom is -0.311 e. The van der Waals surface area contributed by atoms with Crippen LogP contribution in [0.4, 0.5) is 0 Å². The van der Waals surface area contributed by atoms with Crippen molar-refractivity contribution in [1.82, 2.24) is 5.32 Å². The molecule has 1 nitrogen and oxygen atoms in total. The van der Waals surface area contributed by atoms with Crippen LogP contribution in [0.15, 0.2) is 0 Å². The fourth-order valence-corrected chi connectivity index (χ4v) is 3.48. The molecule has 0 radical (unpaired) electrons. The van der Waals surface area contributed by atoms with Crippen molar-refractivity contribution < 1.29 is 0 Å². The monoisotopic (exact) mass is 209 g/mol. The molecule has 2 saturated carbocycles. The van der Waals surface area contributed by atoms with Gasteiger partial charge in [-0.15, -0.1) is 0 Å². The lowest BCUT2D eigenvalue weighted by molar-refractivity contribution is 0.199. The normalized spacial score (nSPS) is 39.2. The third-order valence-electron chi connectivity index (χ3n) is 4.49. The van der Waals surface area contributed by atoms with Gasteiger partial charge in [0.15, 0.2) is 0 Å². The van der Waals surface area contributed by atoms with Crippen LogP contribution >= 0.6 is 0 Å². The van der Waals surface area contributed by atoms with E-state index in [-0.39, 0.29) is 0 Å². The molecular formula is C14H27N. The van der Waals surface area contributed by atoms with Gasteiger partial charge in [-0.05, 0) is 43.9 Å². The molecule has 1 N–H and O–H groups in total. The Hall–Kier alpha value is -0.0400. The second-order valence-corrected chi connectivity index (χ2v) is 6.00. The minimum atomic E-state index is 0.823. The lowest BCUT2D eigenvalue weighted by Crippen LogP contribution is -2.45. The zero-order valence-corrected chi connectivity index (χ0v) is 10.5.